The first-order chi connectivity index (χ1) is 9.72. The molecule has 1 rings (SSSR count). The first-order valence-electron chi connectivity index (χ1n) is 5.27. The van der Waals surface area contributed by atoms with Crippen molar-refractivity contribution in [1.29, 1.82) is 0 Å². The molecule has 21 heavy (non-hydrogen) atoms. The summed E-state index contributed by atoms with van der Waals surface area (Å²) in [5, 5.41) is 10.3. The smallest absolute Gasteiger partial charge is 0.334 e. The maximum absolute atomic E-state index is 13.3. The van der Waals surface area contributed by atoms with Gasteiger partial charge < -0.3 is 15.2 Å². The van der Waals surface area contributed by atoms with E-state index >= 15 is 0 Å². The van der Waals surface area contributed by atoms with Gasteiger partial charge >= 0.3 is 5.97 Å². The van der Waals surface area contributed by atoms with E-state index < -0.39 is 59.2 Å². The normalized spacial score (nSPS) is 12.1. The van der Waals surface area contributed by atoms with Crippen molar-refractivity contribution < 1.29 is 41.4 Å². The highest BCUT2D eigenvalue weighted by molar-refractivity contribution is 5.95. The number of hydrogen-bond acceptors (Lipinski definition) is 3. The highest BCUT2D eigenvalue weighted by Crippen LogP contribution is 2.22. The maximum Gasteiger partial charge on any atom is 0.334 e. The molecule has 0 aromatic heterocycles. The SMILES string of the molecule is COC(CNC(=O)c1c(F)c(F)c(F)c(F)c1F)C(=O)O. The molecule has 0 heterocycles. The number of carboxylic acid groups (broad SMARTS) is 1. The molecule has 0 aliphatic heterocycles. The molecule has 2 N–H and O–H groups in total. The molecule has 10 heteroatoms. The zero-order chi connectivity index (χ0) is 16.3. The summed E-state index contributed by atoms with van der Waals surface area (Å²) in [6, 6.07) is 0. The minimum Gasteiger partial charge on any atom is -0.479 e. The lowest BCUT2D eigenvalue weighted by Gasteiger charge is -2.12. The summed E-state index contributed by atoms with van der Waals surface area (Å²) in [6.45, 7) is -0.732. The molecule has 0 aliphatic carbocycles. The van der Waals surface area contributed by atoms with Gasteiger partial charge in [0.1, 0.15) is 5.56 Å². The third kappa shape index (κ3) is 3.27. The monoisotopic (exact) mass is 313 g/mol. The van der Waals surface area contributed by atoms with Crippen molar-refractivity contribution in [2.75, 3.05) is 13.7 Å². The minimum atomic E-state index is -2.40. The molecule has 1 aromatic carbocycles. The van der Waals surface area contributed by atoms with Crippen molar-refractivity contribution in [3.63, 3.8) is 0 Å². The molecule has 0 radical (unpaired) electrons. The molecule has 1 amide bonds. The Morgan fingerprint density at radius 1 is 1.05 bits per heavy atom. The van der Waals surface area contributed by atoms with E-state index in [1.54, 1.807) is 5.32 Å². The van der Waals surface area contributed by atoms with Gasteiger partial charge in [-0.3, -0.25) is 4.79 Å². The molecule has 116 valence electrons. The van der Waals surface area contributed by atoms with Crippen LogP contribution in [0, 0.1) is 29.1 Å². The number of carbonyl (C=O) groups excluding carboxylic acids is 1. The van der Waals surface area contributed by atoms with E-state index in [1.807, 2.05) is 0 Å². The van der Waals surface area contributed by atoms with E-state index in [2.05, 4.69) is 4.74 Å². The van der Waals surface area contributed by atoms with Gasteiger partial charge in [-0.1, -0.05) is 0 Å². The fraction of sp³-hybridized carbons (Fsp3) is 0.273. The summed E-state index contributed by atoms with van der Waals surface area (Å²) in [5.41, 5.74) is -1.70. The molecule has 0 aliphatic rings. The van der Waals surface area contributed by atoms with Gasteiger partial charge in [-0.15, -0.1) is 0 Å². The number of methoxy groups -OCH3 is 1. The van der Waals surface area contributed by atoms with Gasteiger partial charge in [0.15, 0.2) is 29.4 Å². The second-order valence-electron chi connectivity index (χ2n) is 3.72. The summed E-state index contributed by atoms with van der Waals surface area (Å²) >= 11 is 0. The van der Waals surface area contributed by atoms with E-state index in [4.69, 9.17) is 5.11 Å². The van der Waals surface area contributed by atoms with Crippen molar-refractivity contribution in [3.05, 3.63) is 34.6 Å². The second-order valence-corrected chi connectivity index (χ2v) is 3.72. The van der Waals surface area contributed by atoms with E-state index in [-0.39, 0.29) is 0 Å². The number of rotatable bonds is 5. The van der Waals surface area contributed by atoms with Gasteiger partial charge in [0, 0.05) is 7.11 Å². The molecular formula is C11H8F5NO4. The van der Waals surface area contributed by atoms with Crippen LogP contribution in [0.25, 0.3) is 0 Å². The van der Waals surface area contributed by atoms with Crippen LogP contribution in [0.4, 0.5) is 22.0 Å². The van der Waals surface area contributed by atoms with Crippen LogP contribution in [-0.4, -0.2) is 36.7 Å². The standard InChI is InChI=1S/C11H8F5NO4/c1-21-3(11(19)20)2-17-10(18)4-5(12)7(14)9(16)8(15)6(4)13/h3H,2H2,1H3,(H,17,18)(H,19,20). The van der Waals surface area contributed by atoms with Gasteiger partial charge in [0.05, 0.1) is 6.54 Å². The predicted molar refractivity (Wildman–Crippen MR) is 57.0 cm³/mol. The highest BCUT2D eigenvalue weighted by atomic mass is 19.2. The molecule has 1 unspecified atom stereocenters. The molecule has 0 spiro atoms. The number of halogens is 5. The van der Waals surface area contributed by atoms with Gasteiger partial charge in [-0.2, -0.15) is 0 Å². The molecule has 1 atom stereocenters. The average molecular weight is 313 g/mol. The Bertz CT molecular complexity index is 563. The van der Waals surface area contributed by atoms with Crippen molar-refractivity contribution in [2.45, 2.75) is 6.10 Å². The third-order valence-corrected chi connectivity index (χ3v) is 2.44. The van der Waals surface area contributed by atoms with Crippen molar-refractivity contribution in [2.24, 2.45) is 0 Å². The van der Waals surface area contributed by atoms with E-state index in [0.29, 0.717) is 0 Å². The van der Waals surface area contributed by atoms with Gasteiger partial charge in [0.2, 0.25) is 5.82 Å². The number of carboxylic acids is 1. The van der Waals surface area contributed by atoms with Crippen LogP contribution < -0.4 is 5.32 Å². The largest absolute Gasteiger partial charge is 0.479 e. The zero-order valence-corrected chi connectivity index (χ0v) is 10.3. The molecule has 5 nitrogen and oxygen atoms in total. The summed E-state index contributed by atoms with van der Waals surface area (Å²) < 4.78 is 69.6. The topological polar surface area (TPSA) is 75.6 Å². The van der Waals surface area contributed by atoms with E-state index in [0.717, 1.165) is 7.11 Å². The number of ether oxygens (including phenoxy) is 1. The number of benzene rings is 1. The maximum atomic E-state index is 13.3. The zero-order valence-electron chi connectivity index (χ0n) is 10.3. The van der Waals surface area contributed by atoms with Crippen molar-refractivity contribution >= 4 is 11.9 Å². The summed E-state index contributed by atoms with van der Waals surface area (Å²) in [5.74, 6) is -14.7. The highest BCUT2D eigenvalue weighted by Gasteiger charge is 2.30. The van der Waals surface area contributed by atoms with Gasteiger partial charge in [0.25, 0.3) is 5.91 Å². The number of aliphatic carboxylic acids is 1. The first kappa shape index (κ1) is 16.8. The number of carbonyl (C=O) groups is 2. The lowest BCUT2D eigenvalue weighted by Crippen LogP contribution is -2.38. The second kappa shape index (κ2) is 6.48. The quantitative estimate of drug-likeness (QED) is 0.487. The number of nitrogens with one attached hydrogen (secondary N) is 1. The lowest BCUT2D eigenvalue weighted by molar-refractivity contribution is -0.148. The van der Waals surface area contributed by atoms with Crippen LogP contribution in [0.3, 0.4) is 0 Å². The summed E-state index contributed by atoms with van der Waals surface area (Å²) in [4.78, 5) is 22.0. The Labute approximate surface area is 114 Å². The van der Waals surface area contributed by atoms with Crippen LogP contribution in [0.15, 0.2) is 0 Å². The minimum absolute atomic E-state index is 0.732. The van der Waals surface area contributed by atoms with Gasteiger partial charge in [-0.25, -0.2) is 26.7 Å². The molecule has 0 fully saturated rings. The number of hydrogen-bond donors (Lipinski definition) is 2. The van der Waals surface area contributed by atoms with E-state index in [9.17, 15) is 31.5 Å². The molecule has 0 saturated heterocycles. The lowest BCUT2D eigenvalue weighted by atomic mass is 10.1. The summed E-state index contributed by atoms with van der Waals surface area (Å²) in [7, 11) is 0.989. The molecule has 0 saturated carbocycles. The predicted octanol–water partition coefficient (Wildman–Crippen LogP) is 1.21. The van der Waals surface area contributed by atoms with Crippen LogP contribution in [-0.2, 0) is 9.53 Å². The van der Waals surface area contributed by atoms with Crippen LogP contribution in [0.2, 0.25) is 0 Å². The van der Waals surface area contributed by atoms with Gasteiger partial charge in [-0.05, 0) is 0 Å². The molecule has 0 bridgehead atoms. The fourth-order valence-corrected chi connectivity index (χ4v) is 1.35. The van der Waals surface area contributed by atoms with Crippen LogP contribution in [0.5, 0.6) is 0 Å². The van der Waals surface area contributed by atoms with Crippen molar-refractivity contribution in [1.82, 2.24) is 5.32 Å². The Morgan fingerprint density at radius 3 is 1.86 bits per heavy atom. The Balaban J connectivity index is 3.07. The van der Waals surface area contributed by atoms with Crippen LogP contribution >= 0.6 is 0 Å². The molecular weight excluding hydrogens is 305 g/mol. The first-order valence-corrected chi connectivity index (χ1v) is 5.27. The fourth-order valence-electron chi connectivity index (χ4n) is 1.35. The Hall–Kier alpha value is -2.23. The van der Waals surface area contributed by atoms with E-state index in [1.165, 1.54) is 0 Å². The summed E-state index contributed by atoms with van der Waals surface area (Å²) in [6.07, 6.45) is -1.55. The Morgan fingerprint density at radius 2 is 1.48 bits per heavy atom. The third-order valence-electron chi connectivity index (χ3n) is 2.44. The van der Waals surface area contributed by atoms with Crippen LogP contribution in [0.1, 0.15) is 10.4 Å². The Kier molecular flexibility index (Phi) is 5.19. The molecule has 1 aromatic rings. The average Bonchev–Trinajstić information content (AvgIpc) is 2.43. The number of amides is 1. The van der Waals surface area contributed by atoms with Crippen molar-refractivity contribution in [3.8, 4) is 0 Å².